The highest BCUT2D eigenvalue weighted by Gasteiger charge is 2.39. The molecule has 3 aromatic heterocycles. The van der Waals surface area contributed by atoms with Crippen molar-refractivity contribution in [3.05, 3.63) is 81.1 Å². The predicted molar refractivity (Wildman–Crippen MR) is 173 cm³/mol. The first kappa shape index (κ1) is 34.5. The Morgan fingerprint density at radius 2 is 1.72 bits per heavy atom. The van der Waals surface area contributed by atoms with Crippen LogP contribution < -0.4 is 10.6 Å². The molecule has 0 bridgehead atoms. The van der Waals surface area contributed by atoms with E-state index in [9.17, 15) is 37.7 Å². The van der Waals surface area contributed by atoms with E-state index in [4.69, 9.17) is 11.6 Å². The first-order chi connectivity index (χ1) is 23.8. The lowest BCUT2D eigenvalue weighted by Crippen LogP contribution is -2.52. The average molecular weight is 715 g/mol. The van der Waals surface area contributed by atoms with Gasteiger partial charge in [0.1, 0.15) is 6.20 Å². The average Bonchev–Trinajstić information content (AvgIpc) is 3.72. The summed E-state index contributed by atoms with van der Waals surface area (Å²) in [5.74, 6) is -1.30. The number of nitrogens with one attached hydrogen (secondary N) is 2. The van der Waals surface area contributed by atoms with E-state index in [2.05, 4.69) is 25.7 Å². The first-order valence-electron chi connectivity index (χ1n) is 15.5. The number of nitro groups is 1. The van der Waals surface area contributed by atoms with Gasteiger partial charge in [0.25, 0.3) is 17.5 Å². The maximum atomic E-state index is 14.0. The number of piperazine rings is 1. The highest BCUT2D eigenvalue weighted by atomic mass is 35.5. The number of nitrogens with zero attached hydrogens (tertiary/aromatic N) is 8. The van der Waals surface area contributed by atoms with Crippen LogP contribution in [0.1, 0.15) is 39.5 Å². The van der Waals surface area contributed by atoms with Crippen LogP contribution in [0.3, 0.4) is 0 Å². The summed E-state index contributed by atoms with van der Waals surface area (Å²) in [4.78, 5) is 60.9. The number of imidazole rings is 1. The third-order valence-corrected chi connectivity index (χ3v) is 8.96. The van der Waals surface area contributed by atoms with E-state index in [1.165, 1.54) is 25.2 Å². The highest BCUT2D eigenvalue weighted by molar-refractivity contribution is 6.34. The van der Waals surface area contributed by atoms with Gasteiger partial charge in [-0.2, -0.15) is 18.3 Å². The second kappa shape index (κ2) is 13.9. The van der Waals surface area contributed by atoms with Gasteiger partial charge in [-0.15, -0.1) is 0 Å². The van der Waals surface area contributed by atoms with Crippen molar-refractivity contribution in [1.29, 1.82) is 0 Å². The fraction of sp³-hybridized carbons (Fsp3) is 0.355. The van der Waals surface area contributed by atoms with Gasteiger partial charge in [0.05, 0.1) is 33.0 Å². The molecular weight excluding hydrogens is 685 g/mol. The SMILES string of the molecule is Cn1c(-c2cn(-c3ccc([N+](=O)[O-])cn3)nc2C(F)(F)F)cnc1C(=O)Nc1ccc(C(=O)N2CCN(C(=O)C3CCNCC3)CC2)c(Cl)c1. The number of halogens is 4. The standard InChI is InChI=1S/C31H30ClF3N10O5/c1-41-24(22-17-44(40-26(22)31(33,34)35)25-5-3-20(15-37-25)45(49)50)16-38-27(41)28(46)39-19-2-4-21(23(32)14-19)30(48)43-12-10-42(11-13-43)29(47)18-6-8-36-9-7-18/h2-5,14-18,36H,6-13H2,1H3,(H,39,46). The van der Waals surface area contributed by atoms with Gasteiger partial charge >= 0.3 is 6.18 Å². The Kier molecular flexibility index (Phi) is 9.57. The summed E-state index contributed by atoms with van der Waals surface area (Å²) in [7, 11) is 1.35. The van der Waals surface area contributed by atoms with Crippen LogP contribution in [0.2, 0.25) is 5.02 Å². The molecule has 0 aliphatic carbocycles. The van der Waals surface area contributed by atoms with E-state index in [0.717, 1.165) is 65.9 Å². The predicted octanol–water partition coefficient (Wildman–Crippen LogP) is 3.78. The normalized spacial score (nSPS) is 15.6. The van der Waals surface area contributed by atoms with Crippen LogP contribution in [-0.4, -0.2) is 96.0 Å². The Morgan fingerprint density at radius 1 is 1.02 bits per heavy atom. The van der Waals surface area contributed by atoms with Crippen LogP contribution in [0.5, 0.6) is 0 Å². The van der Waals surface area contributed by atoms with Crippen LogP contribution in [0.25, 0.3) is 17.1 Å². The second-order valence-electron chi connectivity index (χ2n) is 11.8. The Labute approximate surface area is 287 Å². The molecule has 2 fully saturated rings. The number of carbonyl (C=O) groups is 3. The second-order valence-corrected chi connectivity index (χ2v) is 12.2. The minimum atomic E-state index is -4.90. The summed E-state index contributed by atoms with van der Waals surface area (Å²) >= 11 is 6.46. The summed E-state index contributed by atoms with van der Waals surface area (Å²) in [6, 6.07) is 6.56. The van der Waals surface area contributed by atoms with E-state index >= 15 is 0 Å². The quantitative estimate of drug-likeness (QED) is 0.213. The third-order valence-electron chi connectivity index (χ3n) is 8.65. The Hall–Kier alpha value is -5.36. The molecule has 5 heterocycles. The highest BCUT2D eigenvalue weighted by Crippen LogP contribution is 2.37. The van der Waals surface area contributed by atoms with Crippen LogP contribution in [-0.2, 0) is 18.0 Å². The zero-order valence-electron chi connectivity index (χ0n) is 26.5. The smallest absolute Gasteiger partial charge is 0.339 e. The molecule has 0 spiro atoms. The number of aromatic nitrogens is 5. The number of anilines is 1. The largest absolute Gasteiger partial charge is 0.435 e. The van der Waals surface area contributed by atoms with Crippen LogP contribution in [0, 0.1) is 16.0 Å². The van der Waals surface area contributed by atoms with E-state index in [1.807, 2.05) is 0 Å². The molecule has 1 aromatic carbocycles. The molecule has 15 nitrogen and oxygen atoms in total. The molecule has 2 aliphatic heterocycles. The Morgan fingerprint density at radius 3 is 2.34 bits per heavy atom. The number of hydrogen-bond acceptors (Lipinski definition) is 9. The third kappa shape index (κ3) is 7.02. The Bertz CT molecular complexity index is 1950. The zero-order valence-corrected chi connectivity index (χ0v) is 27.2. The molecule has 0 unspecified atom stereocenters. The molecule has 262 valence electrons. The molecule has 50 heavy (non-hydrogen) atoms. The maximum absolute atomic E-state index is 14.0. The molecule has 0 saturated carbocycles. The Balaban J connectivity index is 1.14. The van der Waals surface area contributed by atoms with Crippen molar-refractivity contribution < 1.29 is 32.5 Å². The van der Waals surface area contributed by atoms with Gasteiger partial charge in [0.2, 0.25) is 5.91 Å². The number of benzene rings is 1. The van der Waals surface area contributed by atoms with Crippen molar-refractivity contribution in [2.24, 2.45) is 13.0 Å². The number of carbonyl (C=O) groups excluding carboxylic acids is 3. The van der Waals surface area contributed by atoms with Crippen molar-refractivity contribution in [2.45, 2.75) is 19.0 Å². The molecule has 19 heteroatoms. The number of hydrogen-bond donors (Lipinski definition) is 2. The monoisotopic (exact) mass is 714 g/mol. The van der Waals surface area contributed by atoms with Gasteiger partial charge in [0.15, 0.2) is 17.3 Å². The van der Waals surface area contributed by atoms with E-state index < -0.39 is 28.3 Å². The fourth-order valence-corrected chi connectivity index (χ4v) is 6.22. The lowest BCUT2D eigenvalue weighted by Gasteiger charge is -2.37. The van der Waals surface area contributed by atoms with Crippen molar-refractivity contribution in [3.63, 3.8) is 0 Å². The summed E-state index contributed by atoms with van der Waals surface area (Å²) in [5, 5.41) is 20.5. The summed E-state index contributed by atoms with van der Waals surface area (Å²) in [6.45, 7) is 3.17. The van der Waals surface area contributed by atoms with Gasteiger partial charge in [-0.3, -0.25) is 24.5 Å². The topological polar surface area (TPSA) is 173 Å². The summed E-state index contributed by atoms with van der Waals surface area (Å²) < 4.78 is 44.1. The lowest BCUT2D eigenvalue weighted by atomic mass is 9.96. The molecule has 2 aliphatic rings. The lowest BCUT2D eigenvalue weighted by molar-refractivity contribution is -0.385. The van der Waals surface area contributed by atoms with E-state index in [1.54, 1.807) is 9.80 Å². The maximum Gasteiger partial charge on any atom is 0.435 e. The molecule has 3 amide bonds. The molecule has 0 atom stereocenters. The summed E-state index contributed by atoms with van der Waals surface area (Å²) in [5.41, 5.74) is -1.71. The van der Waals surface area contributed by atoms with Gasteiger partial charge < -0.3 is 25.0 Å². The molecule has 4 aromatic rings. The van der Waals surface area contributed by atoms with Crippen LogP contribution in [0.4, 0.5) is 24.5 Å². The van der Waals surface area contributed by atoms with E-state index in [0.29, 0.717) is 26.2 Å². The number of piperidine rings is 1. The van der Waals surface area contributed by atoms with Crippen LogP contribution >= 0.6 is 11.6 Å². The summed E-state index contributed by atoms with van der Waals surface area (Å²) in [6.07, 6.45) is -0.284. The first-order valence-corrected chi connectivity index (χ1v) is 15.9. The molecule has 6 rings (SSSR count). The minimum absolute atomic E-state index is 0.00328. The van der Waals surface area contributed by atoms with Crippen molar-refractivity contribution >= 4 is 40.7 Å². The molecule has 2 N–H and O–H groups in total. The van der Waals surface area contributed by atoms with Crippen molar-refractivity contribution in [3.8, 4) is 17.1 Å². The van der Waals surface area contributed by atoms with Gasteiger partial charge in [-0.1, -0.05) is 11.6 Å². The van der Waals surface area contributed by atoms with E-state index in [-0.39, 0.29) is 57.0 Å². The molecule has 2 saturated heterocycles. The van der Waals surface area contributed by atoms with Crippen molar-refractivity contribution in [1.82, 2.24) is 39.4 Å². The zero-order chi connectivity index (χ0) is 35.7. The molecular formula is C31H30ClF3N10O5. The minimum Gasteiger partial charge on any atom is -0.339 e. The number of pyridine rings is 1. The number of alkyl halides is 3. The van der Waals surface area contributed by atoms with Gasteiger partial charge in [-0.05, 0) is 50.2 Å². The van der Waals surface area contributed by atoms with Crippen molar-refractivity contribution in [2.75, 3.05) is 44.6 Å². The molecule has 0 radical (unpaired) electrons. The number of rotatable bonds is 7. The fourth-order valence-electron chi connectivity index (χ4n) is 5.96. The van der Waals surface area contributed by atoms with Crippen LogP contribution in [0.15, 0.2) is 48.9 Å². The number of amides is 3. The van der Waals surface area contributed by atoms with Gasteiger partial charge in [0, 0.05) is 57.1 Å². The van der Waals surface area contributed by atoms with Gasteiger partial charge in [-0.25, -0.2) is 14.6 Å².